The average Bonchev–Trinajstić information content (AvgIpc) is 2.12. The molecule has 0 bridgehead atoms. The first kappa shape index (κ1) is 13.1. The second-order valence-electron chi connectivity index (χ2n) is 5.75. The molecule has 0 N–H and O–H groups in total. The molecule has 0 radical (unpaired) electrons. The third-order valence-corrected chi connectivity index (χ3v) is 3.23. The summed E-state index contributed by atoms with van der Waals surface area (Å²) in [6.45, 7) is 11.8. The molecular weight excluding hydrogens is 212 g/mol. The van der Waals surface area contributed by atoms with Gasteiger partial charge in [-0.1, -0.05) is 0 Å². The third kappa shape index (κ3) is 4.61. The molecule has 1 heterocycles. The van der Waals surface area contributed by atoms with E-state index >= 15 is 0 Å². The van der Waals surface area contributed by atoms with E-state index in [9.17, 15) is 0 Å². The smallest absolute Gasteiger partial charge is 0.248 e. The van der Waals surface area contributed by atoms with E-state index in [4.69, 9.17) is 18.9 Å². The van der Waals surface area contributed by atoms with E-state index in [-0.39, 0.29) is 11.2 Å². The van der Waals surface area contributed by atoms with E-state index in [0.717, 1.165) is 12.8 Å². The lowest BCUT2D eigenvalue weighted by Crippen LogP contribution is -2.39. The number of hydrogen-bond donors (Lipinski definition) is 0. The standard InChI is InChI=1S/C10H22O4Si/c1-9(2)7-8-10(3,4)12-14-15(5,6)13-11-9/h7-8H2,1-6H3. The SMILES string of the molecule is CC1(C)CCC(C)(C)OO[Si](C)(C)OO1. The van der Waals surface area contributed by atoms with Crippen molar-refractivity contribution in [2.75, 3.05) is 0 Å². The predicted molar refractivity (Wildman–Crippen MR) is 59.2 cm³/mol. The van der Waals surface area contributed by atoms with Crippen LogP contribution in [-0.2, 0) is 18.9 Å². The van der Waals surface area contributed by atoms with Crippen molar-refractivity contribution in [1.29, 1.82) is 0 Å². The molecule has 0 aromatic rings. The molecule has 0 aromatic heterocycles. The van der Waals surface area contributed by atoms with Crippen LogP contribution in [0.25, 0.3) is 0 Å². The van der Waals surface area contributed by atoms with Crippen LogP contribution in [0.3, 0.4) is 0 Å². The predicted octanol–water partition coefficient (Wildman–Crippen LogP) is 2.94. The molecule has 90 valence electrons. The monoisotopic (exact) mass is 234 g/mol. The van der Waals surface area contributed by atoms with Gasteiger partial charge in [-0.25, -0.2) is 18.9 Å². The summed E-state index contributed by atoms with van der Waals surface area (Å²) in [6.07, 6.45) is 1.74. The molecule has 0 aromatic carbocycles. The summed E-state index contributed by atoms with van der Waals surface area (Å²) in [5.41, 5.74) is -0.586. The Morgan fingerprint density at radius 2 is 1.13 bits per heavy atom. The van der Waals surface area contributed by atoms with E-state index in [1.165, 1.54) is 0 Å². The lowest BCUT2D eigenvalue weighted by molar-refractivity contribution is -0.337. The fraction of sp³-hybridized carbons (Fsp3) is 1.00. The third-order valence-electron chi connectivity index (χ3n) is 2.27. The molecule has 5 heteroatoms. The Bertz CT molecular complexity index is 169. The molecule has 1 saturated heterocycles. The number of rotatable bonds is 0. The van der Waals surface area contributed by atoms with Crippen LogP contribution in [-0.4, -0.2) is 19.8 Å². The molecule has 15 heavy (non-hydrogen) atoms. The molecule has 0 spiro atoms. The van der Waals surface area contributed by atoms with Crippen LogP contribution >= 0.6 is 0 Å². The normalized spacial score (nSPS) is 30.0. The maximum absolute atomic E-state index is 5.42. The first-order valence-corrected chi connectivity index (χ1v) is 8.17. The molecule has 1 aliphatic rings. The lowest BCUT2D eigenvalue weighted by atomic mass is 9.94. The summed E-state index contributed by atoms with van der Waals surface area (Å²) in [6, 6.07) is 0. The average molecular weight is 234 g/mol. The highest BCUT2D eigenvalue weighted by molar-refractivity contribution is 6.64. The molecule has 4 nitrogen and oxygen atoms in total. The highest BCUT2D eigenvalue weighted by atomic mass is 28.4. The Kier molecular flexibility index (Phi) is 3.62. The van der Waals surface area contributed by atoms with Gasteiger partial charge in [-0.3, -0.25) is 0 Å². The van der Waals surface area contributed by atoms with E-state index in [1.807, 2.05) is 40.8 Å². The minimum absolute atomic E-state index is 0.293. The minimum Gasteiger partial charge on any atom is -0.248 e. The minimum atomic E-state index is -2.33. The van der Waals surface area contributed by atoms with E-state index in [1.54, 1.807) is 0 Å². The summed E-state index contributed by atoms with van der Waals surface area (Å²) in [7, 11) is -2.33. The van der Waals surface area contributed by atoms with E-state index in [2.05, 4.69) is 0 Å². The van der Waals surface area contributed by atoms with Gasteiger partial charge in [-0.15, -0.1) is 0 Å². The topological polar surface area (TPSA) is 36.9 Å². The highest BCUT2D eigenvalue weighted by Crippen LogP contribution is 2.29. The van der Waals surface area contributed by atoms with Crippen LogP contribution in [0.4, 0.5) is 0 Å². The van der Waals surface area contributed by atoms with E-state index < -0.39 is 8.56 Å². The van der Waals surface area contributed by atoms with Gasteiger partial charge in [0.2, 0.25) is 0 Å². The molecule has 0 unspecified atom stereocenters. The maximum atomic E-state index is 5.42. The van der Waals surface area contributed by atoms with Gasteiger partial charge < -0.3 is 0 Å². The first-order valence-electron chi connectivity index (χ1n) is 5.36. The Labute approximate surface area is 93.0 Å². The van der Waals surface area contributed by atoms with Crippen molar-refractivity contribution in [1.82, 2.24) is 0 Å². The second-order valence-corrected chi connectivity index (χ2v) is 8.89. The molecule has 0 amide bonds. The van der Waals surface area contributed by atoms with Gasteiger partial charge in [0, 0.05) is 0 Å². The van der Waals surface area contributed by atoms with Crippen molar-refractivity contribution in [3.8, 4) is 0 Å². The highest BCUT2D eigenvalue weighted by Gasteiger charge is 2.38. The summed E-state index contributed by atoms with van der Waals surface area (Å²) in [5.74, 6) is 0. The Morgan fingerprint density at radius 1 is 0.800 bits per heavy atom. The summed E-state index contributed by atoms with van der Waals surface area (Å²) >= 11 is 0. The zero-order valence-electron chi connectivity index (χ0n) is 10.5. The summed E-state index contributed by atoms with van der Waals surface area (Å²) in [4.78, 5) is 10.8. The van der Waals surface area contributed by atoms with Crippen LogP contribution < -0.4 is 0 Å². The van der Waals surface area contributed by atoms with Crippen LogP contribution in [0.1, 0.15) is 40.5 Å². The van der Waals surface area contributed by atoms with Crippen LogP contribution in [0.15, 0.2) is 0 Å². The quantitative estimate of drug-likeness (QED) is 0.477. The Hall–Kier alpha value is 0.0569. The maximum Gasteiger partial charge on any atom is 0.403 e. The van der Waals surface area contributed by atoms with Crippen molar-refractivity contribution in [3.63, 3.8) is 0 Å². The van der Waals surface area contributed by atoms with Gasteiger partial charge in [0.25, 0.3) is 0 Å². The van der Waals surface area contributed by atoms with Crippen molar-refractivity contribution in [2.45, 2.75) is 64.8 Å². The zero-order chi connectivity index (χ0) is 11.7. The second kappa shape index (κ2) is 4.14. The fourth-order valence-corrected chi connectivity index (χ4v) is 2.01. The fourth-order valence-electron chi connectivity index (χ4n) is 1.13. The molecular formula is C10H22O4Si. The van der Waals surface area contributed by atoms with Gasteiger partial charge in [-0.05, 0) is 53.6 Å². The Balaban J connectivity index is 2.74. The molecule has 1 rings (SSSR count). The largest absolute Gasteiger partial charge is 0.403 e. The zero-order valence-corrected chi connectivity index (χ0v) is 11.5. The first-order chi connectivity index (χ1) is 6.62. The van der Waals surface area contributed by atoms with Crippen LogP contribution in [0.5, 0.6) is 0 Å². The molecule has 0 atom stereocenters. The van der Waals surface area contributed by atoms with Crippen molar-refractivity contribution in [2.24, 2.45) is 0 Å². The van der Waals surface area contributed by atoms with Gasteiger partial charge in [-0.2, -0.15) is 0 Å². The van der Waals surface area contributed by atoms with Gasteiger partial charge in [0.1, 0.15) is 0 Å². The summed E-state index contributed by atoms with van der Waals surface area (Å²) in [5, 5.41) is 0. The van der Waals surface area contributed by atoms with E-state index in [0.29, 0.717) is 0 Å². The van der Waals surface area contributed by atoms with Crippen molar-refractivity contribution < 1.29 is 18.9 Å². The summed E-state index contributed by atoms with van der Waals surface area (Å²) < 4.78 is 10.7. The molecule has 0 saturated carbocycles. The number of hydrogen-bond acceptors (Lipinski definition) is 4. The van der Waals surface area contributed by atoms with Gasteiger partial charge in [0.15, 0.2) is 0 Å². The molecule has 1 fully saturated rings. The Morgan fingerprint density at radius 3 is 1.47 bits per heavy atom. The van der Waals surface area contributed by atoms with Crippen LogP contribution in [0.2, 0.25) is 13.1 Å². The van der Waals surface area contributed by atoms with Gasteiger partial charge in [0.05, 0.1) is 11.2 Å². The molecule has 1 aliphatic heterocycles. The molecule has 0 aliphatic carbocycles. The van der Waals surface area contributed by atoms with Crippen molar-refractivity contribution >= 4 is 8.56 Å². The van der Waals surface area contributed by atoms with Crippen molar-refractivity contribution in [3.05, 3.63) is 0 Å². The van der Waals surface area contributed by atoms with Gasteiger partial charge >= 0.3 is 8.56 Å². The van der Waals surface area contributed by atoms with Crippen LogP contribution in [0, 0.1) is 0 Å². The lowest BCUT2D eigenvalue weighted by Gasteiger charge is -2.26.